The van der Waals surface area contributed by atoms with Crippen molar-refractivity contribution < 1.29 is 0 Å². The van der Waals surface area contributed by atoms with Crippen molar-refractivity contribution in [3.8, 4) is 0 Å². The highest BCUT2D eigenvalue weighted by Gasteiger charge is 1.99. The third-order valence-corrected chi connectivity index (χ3v) is 1.86. The minimum atomic E-state index is 1.02. The second kappa shape index (κ2) is 4.17. The highest BCUT2D eigenvalue weighted by molar-refractivity contribution is 5.39. The van der Waals surface area contributed by atoms with Gasteiger partial charge in [0.25, 0.3) is 0 Å². The average molecular weight is 147 g/mol. The van der Waals surface area contributed by atoms with Crippen molar-refractivity contribution in [3.63, 3.8) is 0 Å². The quantitative estimate of drug-likeness (QED) is 0.534. The van der Waals surface area contributed by atoms with E-state index in [1.807, 2.05) is 6.08 Å². The van der Waals surface area contributed by atoms with E-state index in [9.17, 15) is 0 Å². The minimum Gasteiger partial charge on any atom is -0.0911 e. The Labute approximate surface area is 69.3 Å². The van der Waals surface area contributed by atoms with Gasteiger partial charge in [0.05, 0.1) is 0 Å². The zero-order chi connectivity index (χ0) is 8.10. The summed E-state index contributed by atoms with van der Waals surface area (Å²) >= 11 is 0. The summed E-state index contributed by atoms with van der Waals surface area (Å²) < 4.78 is 0. The molecule has 59 valence electrons. The highest BCUT2D eigenvalue weighted by Crippen LogP contribution is 2.17. The zero-order valence-corrected chi connectivity index (χ0v) is 7.19. The average Bonchev–Trinajstić information content (AvgIpc) is 2.37. The minimum absolute atomic E-state index is 1.02. The third-order valence-electron chi connectivity index (χ3n) is 1.86. The van der Waals surface area contributed by atoms with E-state index in [0.29, 0.717) is 0 Å². The first-order valence-corrected chi connectivity index (χ1v) is 4.32. The van der Waals surface area contributed by atoms with Gasteiger partial charge in [0.15, 0.2) is 0 Å². The second-order valence-electron chi connectivity index (χ2n) is 2.97. The van der Waals surface area contributed by atoms with Gasteiger partial charge in [-0.2, -0.15) is 0 Å². The Morgan fingerprint density at radius 1 is 1.36 bits per heavy atom. The maximum atomic E-state index is 3.81. The molecule has 0 unspecified atom stereocenters. The van der Waals surface area contributed by atoms with E-state index in [-0.39, 0.29) is 0 Å². The number of rotatable bonds is 4. The molecule has 1 aliphatic rings. The van der Waals surface area contributed by atoms with Gasteiger partial charge >= 0.3 is 0 Å². The zero-order valence-electron chi connectivity index (χ0n) is 7.19. The Kier molecular flexibility index (Phi) is 3.15. The van der Waals surface area contributed by atoms with E-state index >= 15 is 0 Å². The lowest BCUT2D eigenvalue weighted by Gasteiger charge is -1.96. The lowest BCUT2D eigenvalue weighted by atomic mass is 10.1. The van der Waals surface area contributed by atoms with Crippen molar-refractivity contribution in [3.05, 3.63) is 36.0 Å². The van der Waals surface area contributed by atoms with Crippen LogP contribution >= 0.6 is 0 Å². The maximum Gasteiger partial charge on any atom is -0.00767 e. The molecule has 0 atom stereocenters. The molecule has 1 rings (SSSR count). The summed E-state index contributed by atoms with van der Waals surface area (Å²) in [5.74, 6) is 0. The van der Waals surface area contributed by atoms with Gasteiger partial charge in [0.2, 0.25) is 0 Å². The number of hydrogen-bond donors (Lipinski definition) is 0. The summed E-state index contributed by atoms with van der Waals surface area (Å²) in [6, 6.07) is 0. The van der Waals surface area contributed by atoms with Gasteiger partial charge in [0, 0.05) is 0 Å². The normalized spacial score (nSPS) is 15.7. The van der Waals surface area contributed by atoms with Crippen LogP contribution in [0.4, 0.5) is 0 Å². The van der Waals surface area contributed by atoms with Crippen LogP contribution in [0.25, 0.3) is 0 Å². The van der Waals surface area contributed by atoms with Crippen LogP contribution in [0.3, 0.4) is 0 Å². The third kappa shape index (κ3) is 2.75. The molecule has 0 fully saturated rings. The molecule has 0 spiro atoms. The number of hydrogen-bond acceptors (Lipinski definition) is 0. The fraction of sp³-hybridized carbons (Fsp3) is 0.455. The van der Waals surface area contributed by atoms with Crippen molar-refractivity contribution in [2.75, 3.05) is 0 Å². The summed E-state index contributed by atoms with van der Waals surface area (Å²) in [5.41, 5.74) is 2.35. The van der Waals surface area contributed by atoms with E-state index in [1.54, 1.807) is 0 Å². The molecule has 0 aliphatic heterocycles. The topological polar surface area (TPSA) is 0 Å². The van der Waals surface area contributed by atoms with Crippen LogP contribution in [0, 0.1) is 6.08 Å². The van der Waals surface area contributed by atoms with Crippen LogP contribution in [-0.4, -0.2) is 0 Å². The Morgan fingerprint density at radius 2 is 2.18 bits per heavy atom. The SMILES string of the molecule is C=C1[C]=C(CCCCC)C=C1. The Hall–Kier alpha value is -0.780. The first-order chi connectivity index (χ1) is 5.33. The molecule has 0 amide bonds. The molecular weight excluding hydrogens is 132 g/mol. The first kappa shape index (κ1) is 8.32. The number of allylic oxidation sites excluding steroid dienone is 5. The Balaban J connectivity index is 2.23. The molecule has 0 aromatic heterocycles. The predicted octanol–water partition coefficient (Wildman–Crippen LogP) is 3.42. The molecule has 0 aromatic rings. The molecule has 11 heavy (non-hydrogen) atoms. The Morgan fingerprint density at radius 3 is 2.73 bits per heavy atom. The van der Waals surface area contributed by atoms with Crippen LogP contribution in [0.5, 0.6) is 0 Å². The largest absolute Gasteiger partial charge is 0.0911 e. The summed E-state index contributed by atoms with van der Waals surface area (Å²) in [5, 5.41) is 0. The van der Waals surface area contributed by atoms with E-state index in [0.717, 1.165) is 5.57 Å². The van der Waals surface area contributed by atoms with Crippen LogP contribution in [0.2, 0.25) is 0 Å². The van der Waals surface area contributed by atoms with E-state index in [1.165, 1.54) is 31.3 Å². The molecule has 0 saturated carbocycles. The predicted molar refractivity (Wildman–Crippen MR) is 49.2 cm³/mol. The molecular formula is C11H15. The van der Waals surface area contributed by atoms with Crippen molar-refractivity contribution in [1.29, 1.82) is 0 Å². The fourth-order valence-corrected chi connectivity index (χ4v) is 1.20. The molecule has 0 aromatic carbocycles. The van der Waals surface area contributed by atoms with E-state index < -0.39 is 0 Å². The van der Waals surface area contributed by atoms with Crippen LogP contribution < -0.4 is 0 Å². The van der Waals surface area contributed by atoms with Crippen LogP contribution in [0.15, 0.2) is 29.9 Å². The lowest BCUT2D eigenvalue weighted by Crippen LogP contribution is -1.77. The van der Waals surface area contributed by atoms with Crippen molar-refractivity contribution >= 4 is 0 Å². The molecule has 0 nitrogen and oxygen atoms in total. The van der Waals surface area contributed by atoms with Gasteiger partial charge in [-0.3, -0.25) is 0 Å². The van der Waals surface area contributed by atoms with Gasteiger partial charge in [0.1, 0.15) is 0 Å². The van der Waals surface area contributed by atoms with Crippen molar-refractivity contribution in [2.24, 2.45) is 0 Å². The van der Waals surface area contributed by atoms with Gasteiger partial charge < -0.3 is 0 Å². The highest BCUT2D eigenvalue weighted by atomic mass is 14.0. The van der Waals surface area contributed by atoms with Gasteiger partial charge in [-0.05, 0) is 30.1 Å². The monoisotopic (exact) mass is 147 g/mol. The van der Waals surface area contributed by atoms with E-state index in [2.05, 4.69) is 25.7 Å². The van der Waals surface area contributed by atoms with Gasteiger partial charge in [-0.1, -0.05) is 38.5 Å². The van der Waals surface area contributed by atoms with Crippen LogP contribution in [0.1, 0.15) is 32.6 Å². The Bertz CT molecular complexity index is 194. The van der Waals surface area contributed by atoms with Crippen LogP contribution in [-0.2, 0) is 0 Å². The standard InChI is InChI=1S/C11H15/c1-3-4-5-6-11-8-7-10(2)9-11/h7-8H,2-6H2,1H3. The van der Waals surface area contributed by atoms with Crippen molar-refractivity contribution in [1.82, 2.24) is 0 Å². The summed E-state index contributed by atoms with van der Waals surface area (Å²) in [7, 11) is 0. The van der Waals surface area contributed by atoms with Crippen molar-refractivity contribution in [2.45, 2.75) is 32.6 Å². The lowest BCUT2D eigenvalue weighted by molar-refractivity contribution is 0.719. The molecule has 0 bridgehead atoms. The summed E-state index contributed by atoms with van der Waals surface area (Å²) in [6.07, 6.45) is 12.4. The second-order valence-corrected chi connectivity index (χ2v) is 2.97. The molecule has 0 saturated heterocycles. The smallest absolute Gasteiger partial charge is 0.00767 e. The molecule has 0 heteroatoms. The number of unbranched alkanes of at least 4 members (excludes halogenated alkanes) is 2. The van der Waals surface area contributed by atoms with Gasteiger partial charge in [-0.25, -0.2) is 0 Å². The maximum absolute atomic E-state index is 3.81. The summed E-state index contributed by atoms with van der Waals surface area (Å²) in [6.45, 7) is 6.04. The van der Waals surface area contributed by atoms with E-state index in [4.69, 9.17) is 0 Å². The summed E-state index contributed by atoms with van der Waals surface area (Å²) in [4.78, 5) is 0. The van der Waals surface area contributed by atoms with Gasteiger partial charge in [-0.15, -0.1) is 0 Å². The first-order valence-electron chi connectivity index (χ1n) is 4.32. The molecule has 0 heterocycles. The fourth-order valence-electron chi connectivity index (χ4n) is 1.20. The molecule has 1 aliphatic carbocycles. The molecule has 1 radical (unpaired) electrons. The molecule has 0 N–H and O–H groups in total.